The molecule has 0 amide bonds. The molecule has 2 atom stereocenters. The van der Waals surface area contributed by atoms with E-state index in [-0.39, 0.29) is 11.5 Å². The van der Waals surface area contributed by atoms with Gasteiger partial charge in [0, 0.05) is 10.4 Å². The summed E-state index contributed by atoms with van der Waals surface area (Å²) in [5.74, 6) is 0.495. The molecule has 1 saturated carbocycles. The zero-order valence-corrected chi connectivity index (χ0v) is 10.7. The first-order chi connectivity index (χ1) is 7.64. The number of benzene rings is 1. The van der Waals surface area contributed by atoms with Gasteiger partial charge in [-0.1, -0.05) is 37.6 Å². The maximum atomic E-state index is 10.0. The first-order valence-electron chi connectivity index (χ1n) is 6.07. The van der Waals surface area contributed by atoms with Gasteiger partial charge in [0.15, 0.2) is 0 Å². The lowest BCUT2D eigenvalue weighted by molar-refractivity contribution is -0.0931. The van der Waals surface area contributed by atoms with Gasteiger partial charge in [-0.25, -0.2) is 0 Å². The van der Waals surface area contributed by atoms with Gasteiger partial charge in [0.2, 0.25) is 0 Å². The summed E-state index contributed by atoms with van der Waals surface area (Å²) in [7, 11) is 0. The molecule has 88 valence electrons. The van der Waals surface area contributed by atoms with Crippen LogP contribution in [-0.4, -0.2) is 11.2 Å². The Morgan fingerprint density at radius 1 is 1.25 bits per heavy atom. The Labute approximate surface area is 102 Å². The molecule has 2 heteroatoms. The Bertz CT molecular complexity index is 354. The number of halogens is 1. The lowest BCUT2D eigenvalue weighted by Gasteiger charge is -2.53. The molecule has 0 heterocycles. The van der Waals surface area contributed by atoms with Gasteiger partial charge in [-0.05, 0) is 42.9 Å². The standard InChI is InChI=1S/C14H19ClO/c1-3-14(4-2)12(9-13(14)16)10-5-7-11(15)8-6-10/h5-8,12-13,16H,3-4,9H2,1-2H3. The van der Waals surface area contributed by atoms with Crippen molar-refractivity contribution in [3.63, 3.8) is 0 Å². The number of aliphatic hydroxyl groups excluding tert-OH is 1. The molecule has 0 aliphatic heterocycles. The number of hydrogen-bond acceptors (Lipinski definition) is 1. The van der Waals surface area contributed by atoms with Crippen molar-refractivity contribution in [2.24, 2.45) is 5.41 Å². The SMILES string of the molecule is CCC1(CC)C(O)CC1c1ccc(Cl)cc1. The fourth-order valence-electron chi connectivity index (χ4n) is 3.14. The molecule has 2 rings (SSSR count). The minimum atomic E-state index is -0.136. The van der Waals surface area contributed by atoms with Crippen LogP contribution < -0.4 is 0 Å². The van der Waals surface area contributed by atoms with Crippen LogP contribution in [0.3, 0.4) is 0 Å². The van der Waals surface area contributed by atoms with Crippen LogP contribution in [-0.2, 0) is 0 Å². The molecule has 1 aromatic carbocycles. The zero-order valence-electron chi connectivity index (χ0n) is 9.91. The van der Waals surface area contributed by atoms with Crippen molar-refractivity contribution < 1.29 is 5.11 Å². The molecule has 2 unspecified atom stereocenters. The van der Waals surface area contributed by atoms with E-state index in [1.54, 1.807) is 0 Å². The van der Waals surface area contributed by atoms with E-state index in [1.165, 1.54) is 5.56 Å². The van der Waals surface area contributed by atoms with E-state index in [9.17, 15) is 5.11 Å². The highest BCUT2D eigenvalue weighted by molar-refractivity contribution is 6.30. The second-order valence-corrected chi connectivity index (χ2v) is 5.23. The van der Waals surface area contributed by atoms with Crippen LogP contribution in [0.2, 0.25) is 5.02 Å². The average molecular weight is 239 g/mol. The Kier molecular flexibility index (Phi) is 3.27. The van der Waals surface area contributed by atoms with E-state index in [2.05, 4.69) is 26.0 Å². The van der Waals surface area contributed by atoms with Crippen LogP contribution in [0.1, 0.15) is 44.6 Å². The average Bonchev–Trinajstić information content (AvgIpc) is 2.29. The monoisotopic (exact) mass is 238 g/mol. The predicted molar refractivity (Wildman–Crippen MR) is 67.8 cm³/mol. The summed E-state index contributed by atoms with van der Waals surface area (Å²) < 4.78 is 0. The van der Waals surface area contributed by atoms with Crippen LogP contribution in [0, 0.1) is 5.41 Å². The molecule has 0 bridgehead atoms. The molecule has 1 N–H and O–H groups in total. The van der Waals surface area contributed by atoms with Gasteiger partial charge in [-0.2, -0.15) is 0 Å². The molecule has 1 aliphatic carbocycles. The predicted octanol–water partition coefficient (Wildman–Crippen LogP) is 3.99. The Morgan fingerprint density at radius 3 is 2.25 bits per heavy atom. The summed E-state index contributed by atoms with van der Waals surface area (Å²) in [6.45, 7) is 4.35. The van der Waals surface area contributed by atoms with Gasteiger partial charge >= 0.3 is 0 Å². The van der Waals surface area contributed by atoms with Gasteiger partial charge in [-0.3, -0.25) is 0 Å². The molecular formula is C14H19ClO. The first kappa shape index (κ1) is 11.9. The van der Waals surface area contributed by atoms with E-state index < -0.39 is 0 Å². The Hall–Kier alpha value is -0.530. The molecule has 0 saturated heterocycles. The smallest absolute Gasteiger partial charge is 0.0608 e. The summed E-state index contributed by atoms with van der Waals surface area (Å²) in [5, 5.41) is 10.8. The third-order valence-corrected chi connectivity index (χ3v) is 4.66. The molecule has 1 nitrogen and oxygen atoms in total. The molecule has 0 aromatic heterocycles. The summed E-state index contributed by atoms with van der Waals surface area (Å²) in [6.07, 6.45) is 2.84. The second-order valence-electron chi connectivity index (χ2n) is 4.80. The molecular weight excluding hydrogens is 220 g/mol. The largest absolute Gasteiger partial charge is 0.393 e. The maximum absolute atomic E-state index is 10.0. The lowest BCUT2D eigenvalue weighted by Crippen LogP contribution is -2.50. The molecule has 0 spiro atoms. The number of rotatable bonds is 3. The van der Waals surface area contributed by atoms with Crippen LogP contribution in [0.25, 0.3) is 0 Å². The quantitative estimate of drug-likeness (QED) is 0.844. The number of hydrogen-bond donors (Lipinski definition) is 1. The maximum Gasteiger partial charge on any atom is 0.0608 e. The van der Waals surface area contributed by atoms with E-state index in [4.69, 9.17) is 11.6 Å². The lowest BCUT2D eigenvalue weighted by atomic mass is 9.53. The normalized spacial score (nSPS) is 27.5. The van der Waals surface area contributed by atoms with Gasteiger partial charge in [0.25, 0.3) is 0 Å². The third kappa shape index (κ3) is 1.66. The van der Waals surface area contributed by atoms with Crippen molar-refractivity contribution in [2.75, 3.05) is 0 Å². The van der Waals surface area contributed by atoms with Crippen molar-refractivity contribution in [1.29, 1.82) is 0 Å². The van der Waals surface area contributed by atoms with Gasteiger partial charge in [0.1, 0.15) is 0 Å². The Morgan fingerprint density at radius 2 is 1.81 bits per heavy atom. The van der Waals surface area contributed by atoms with Crippen molar-refractivity contribution in [2.45, 2.75) is 45.1 Å². The minimum absolute atomic E-state index is 0.0911. The van der Waals surface area contributed by atoms with Crippen molar-refractivity contribution in [1.82, 2.24) is 0 Å². The second kappa shape index (κ2) is 4.38. The van der Waals surface area contributed by atoms with Crippen LogP contribution >= 0.6 is 11.6 Å². The summed E-state index contributed by atoms with van der Waals surface area (Å²) >= 11 is 5.90. The van der Waals surface area contributed by atoms with E-state index in [1.807, 2.05) is 12.1 Å². The molecule has 1 fully saturated rings. The zero-order chi connectivity index (χ0) is 11.8. The van der Waals surface area contributed by atoms with E-state index in [0.717, 1.165) is 24.3 Å². The highest BCUT2D eigenvalue weighted by Gasteiger charge is 2.52. The van der Waals surface area contributed by atoms with Crippen molar-refractivity contribution in [3.05, 3.63) is 34.9 Å². The minimum Gasteiger partial charge on any atom is -0.393 e. The fourth-order valence-corrected chi connectivity index (χ4v) is 3.27. The fraction of sp³-hybridized carbons (Fsp3) is 0.571. The van der Waals surface area contributed by atoms with Crippen LogP contribution in [0.4, 0.5) is 0 Å². The molecule has 1 aromatic rings. The van der Waals surface area contributed by atoms with Gasteiger partial charge in [0.05, 0.1) is 6.10 Å². The van der Waals surface area contributed by atoms with Crippen LogP contribution in [0.15, 0.2) is 24.3 Å². The van der Waals surface area contributed by atoms with Crippen molar-refractivity contribution in [3.8, 4) is 0 Å². The van der Waals surface area contributed by atoms with E-state index >= 15 is 0 Å². The Balaban J connectivity index is 2.26. The van der Waals surface area contributed by atoms with Gasteiger partial charge < -0.3 is 5.11 Å². The molecule has 0 radical (unpaired) electrons. The van der Waals surface area contributed by atoms with Gasteiger partial charge in [-0.15, -0.1) is 0 Å². The molecule has 1 aliphatic rings. The summed E-state index contributed by atoms with van der Waals surface area (Å²) in [6, 6.07) is 8.08. The number of aliphatic hydroxyl groups is 1. The highest BCUT2D eigenvalue weighted by Crippen LogP contribution is 2.57. The van der Waals surface area contributed by atoms with E-state index in [0.29, 0.717) is 5.92 Å². The topological polar surface area (TPSA) is 20.2 Å². The summed E-state index contributed by atoms with van der Waals surface area (Å²) in [4.78, 5) is 0. The van der Waals surface area contributed by atoms with Crippen molar-refractivity contribution >= 4 is 11.6 Å². The highest BCUT2D eigenvalue weighted by atomic mass is 35.5. The molecule has 16 heavy (non-hydrogen) atoms. The summed E-state index contributed by atoms with van der Waals surface area (Å²) in [5.41, 5.74) is 1.41. The first-order valence-corrected chi connectivity index (χ1v) is 6.45. The third-order valence-electron chi connectivity index (χ3n) is 4.41. The van der Waals surface area contributed by atoms with Crippen LogP contribution in [0.5, 0.6) is 0 Å².